The van der Waals surface area contributed by atoms with E-state index in [1.807, 2.05) is 25.1 Å². The third kappa shape index (κ3) is 3.09. The summed E-state index contributed by atoms with van der Waals surface area (Å²) < 4.78 is 5.98. The summed E-state index contributed by atoms with van der Waals surface area (Å²) in [4.78, 5) is 11.6. The molecule has 0 amide bonds. The van der Waals surface area contributed by atoms with E-state index in [9.17, 15) is 4.79 Å². The zero-order valence-electron chi connectivity index (χ0n) is 10.7. The highest BCUT2D eigenvalue weighted by Crippen LogP contribution is 2.27. The maximum Gasteiger partial charge on any atom is 0.163 e. The van der Waals surface area contributed by atoms with E-state index < -0.39 is 0 Å². The minimum Gasteiger partial charge on any atom is -0.490 e. The highest BCUT2D eigenvalue weighted by Gasteiger charge is 2.17. The van der Waals surface area contributed by atoms with Crippen LogP contribution in [0.1, 0.15) is 54.9 Å². The molecule has 0 heterocycles. The van der Waals surface area contributed by atoms with Crippen molar-refractivity contribution in [3.8, 4) is 5.75 Å². The second-order valence-corrected chi connectivity index (χ2v) is 4.93. The van der Waals surface area contributed by atoms with E-state index in [0.717, 1.165) is 29.7 Å². The normalized spacial score (nSPS) is 16.8. The number of hydrogen-bond acceptors (Lipinski definition) is 2. The van der Waals surface area contributed by atoms with Gasteiger partial charge in [-0.15, -0.1) is 0 Å². The molecule has 0 atom stereocenters. The number of aryl methyl sites for hydroxylation is 1. The van der Waals surface area contributed by atoms with Gasteiger partial charge in [0.2, 0.25) is 0 Å². The standard InChI is InChI=1S/C15H20O2/c1-11-8-9-15(14(10-11)12(2)16)17-13-6-4-3-5-7-13/h8-10,13H,3-7H2,1-2H3. The van der Waals surface area contributed by atoms with Gasteiger partial charge in [0.15, 0.2) is 5.78 Å². The average molecular weight is 232 g/mol. The van der Waals surface area contributed by atoms with E-state index in [-0.39, 0.29) is 5.78 Å². The molecule has 2 heteroatoms. The lowest BCUT2D eigenvalue weighted by molar-refractivity contribution is 0.100. The average Bonchev–Trinajstić information content (AvgIpc) is 2.32. The number of carbonyl (C=O) groups is 1. The van der Waals surface area contributed by atoms with Gasteiger partial charge in [-0.3, -0.25) is 4.79 Å². The molecule has 1 aromatic carbocycles. The van der Waals surface area contributed by atoms with Crippen molar-refractivity contribution in [3.63, 3.8) is 0 Å². The van der Waals surface area contributed by atoms with Crippen LogP contribution in [0.15, 0.2) is 18.2 Å². The minimum absolute atomic E-state index is 0.0829. The van der Waals surface area contributed by atoms with E-state index in [1.165, 1.54) is 19.3 Å². The maximum absolute atomic E-state index is 11.6. The molecule has 1 aliphatic rings. The van der Waals surface area contributed by atoms with Gasteiger partial charge in [0, 0.05) is 0 Å². The molecule has 1 aromatic rings. The molecule has 0 saturated heterocycles. The topological polar surface area (TPSA) is 26.3 Å². The Morgan fingerprint density at radius 2 is 1.94 bits per heavy atom. The fourth-order valence-electron chi connectivity index (χ4n) is 2.38. The molecular weight excluding hydrogens is 212 g/mol. The van der Waals surface area contributed by atoms with Crippen LogP contribution < -0.4 is 4.74 Å². The predicted molar refractivity (Wildman–Crippen MR) is 68.7 cm³/mol. The lowest BCUT2D eigenvalue weighted by Gasteiger charge is -2.24. The Kier molecular flexibility index (Phi) is 3.82. The van der Waals surface area contributed by atoms with Crippen LogP contribution in [0.4, 0.5) is 0 Å². The van der Waals surface area contributed by atoms with Crippen LogP contribution in [0.25, 0.3) is 0 Å². The first kappa shape index (κ1) is 12.2. The molecule has 17 heavy (non-hydrogen) atoms. The quantitative estimate of drug-likeness (QED) is 0.738. The summed E-state index contributed by atoms with van der Waals surface area (Å²) in [7, 11) is 0. The van der Waals surface area contributed by atoms with Crippen molar-refractivity contribution < 1.29 is 9.53 Å². The molecule has 2 rings (SSSR count). The molecule has 0 unspecified atom stereocenters. The zero-order valence-corrected chi connectivity index (χ0v) is 10.7. The van der Waals surface area contributed by atoms with Crippen molar-refractivity contribution in [1.82, 2.24) is 0 Å². The number of carbonyl (C=O) groups excluding carboxylic acids is 1. The number of rotatable bonds is 3. The first-order valence-electron chi connectivity index (χ1n) is 6.45. The largest absolute Gasteiger partial charge is 0.490 e. The summed E-state index contributed by atoms with van der Waals surface area (Å²) in [6.45, 7) is 3.60. The predicted octanol–water partition coefficient (Wildman–Crippen LogP) is 3.91. The van der Waals surface area contributed by atoms with Crippen LogP contribution in [0, 0.1) is 6.92 Å². The molecule has 0 bridgehead atoms. The SMILES string of the molecule is CC(=O)c1cc(C)ccc1OC1CCCCC1. The van der Waals surface area contributed by atoms with Crippen LogP contribution in [0.2, 0.25) is 0 Å². The summed E-state index contributed by atoms with van der Waals surface area (Å²) in [5.74, 6) is 0.842. The summed E-state index contributed by atoms with van der Waals surface area (Å²) in [6, 6.07) is 5.85. The van der Waals surface area contributed by atoms with E-state index in [0.29, 0.717) is 6.10 Å². The number of ketones is 1. The van der Waals surface area contributed by atoms with Crippen molar-refractivity contribution in [3.05, 3.63) is 29.3 Å². The third-order valence-corrected chi connectivity index (χ3v) is 3.36. The number of ether oxygens (including phenoxy) is 1. The van der Waals surface area contributed by atoms with Gasteiger partial charge in [-0.05, 0) is 51.7 Å². The highest BCUT2D eigenvalue weighted by atomic mass is 16.5. The van der Waals surface area contributed by atoms with Gasteiger partial charge in [0.1, 0.15) is 5.75 Å². The van der Waals surface area contributed by atoms with Gasteiger partial charge in [0.05, 0.1) is 11.7 Å². The molecule has 0 spiro atoms. The Bertz CT molecular complexity index is 403. The monoisotopic (exact) mass is 232 g/mol. The maximum atomic E-state index is 11.6. The smallest absolute Gasteiger partial charge is 0.163 e. The van der Waals surface area contributed by atoms with E-state index in [4.69, 9.17) is 4.74 Å². The zero-order chi connectivity index (χ0) is 12.3. The minimum atomic E-state index is 0.0829. The van der Waals surface area contributed by atoms with E-state index in [1.54, 1.807) is 6.92 Å². The molecule has 92 valence electrons. The van der Waals surface area contributed by atoms with Gasteiger partial charge in [-0.25, -0.2) is 0 Å². The van der Waals surface area contributed by atoms with Gasteiger partial charge in [0.25, 0.3) is 0 Å². The summed E-state index contributed by atoms with van der Waals surface area (Å²) in [6.07, 6.45) is 6.33. The van der Waals surface area contributed by atoms with Crippen molar-refractivity contribution in [1.29, 1.82) is 0 Å². The van der Waals surface area contributed by atoms with E-state index in [2.05, 4.69) is 0 Å². The Morgan fingerprint density at radius 3 is 2.59 bits per heavy atom. The molecule has 1 aliphatic carbocycles. The third-order valence-electron chi connectivity index (χ3n) is 3.36. The van der Waals surface area contributed by atoms with Crippen molar-refractivity contribution in [2.75, 3.05) is 0 Å². The molecule has 2 nitrogen and oxygen atoms in total. The second-order valence-electron chi connectivity index (χ2n) is 4.93. The lowest BCUT2D eigenvalue weighted by Crippen LogP contribution is -2.20. The van der Waals surface area contributed by atoms with Gasteiger partial charge < -0.3 is 4.74 Å². The van der Waals surface area contributed by atoms with Gasteiger partial charge >= 0.3 is 0 Å². The molecule has 0 radical (unpaired) electrons. The Balaban J connectivity index is 2.16. The molecule has 0 aromatic heterocycles. The van der Waals surface area contributed by atoms with Crippen molar-refractivity contribution in [2.45, 2.75) is 52.1 Å². The van der Waals surface area contributed by atoms with Crippen LogP contribution in [-0.4, -0.2) is 11.9 Å². The molecular formula is C15H20O2. The summed E-state index contributed by atoms with van der Waals surface area (Å²) in [5.41, 5.74) is 1.82. The first-order chi connectivity index (χ1) is 8.16. The fourth-order valence-corrected chi connectivity index (χ4v) is 2.38. The molecule has 0 aliphatic heterocycles. The Hall–Kier alpha value is -1.31. The van der Waals surface area contributed by atoms with Crippen LogP contribution in [-0.2, 0) is 0 Å². The van der Waals surface area contributed by atoms with Crippen LogP contribution in [0.5, 0.6) is 5.75 Å². The molecule has 1 fully saturated rings. The van der Waals surface area contributed by atoms with E-state index >= 15 is 0 Å². The molecule has 1 saturated carbocycles. The number of hydrogen-bond donors (Lipinski definition) is 0. The lowest BCUT2D eigenvalue weighted by atomic mass is 9.97. The Morgan fingerprint density at radius 1 is 1.24 bits per heavy atom. The van der Waals surface area contributed by atoms with Crippen molar-refractivity contribution in [2.24, 2.45) is 0 Å². The number of benzene rings is 1. The fraction of sp³-hybridized carbons (Fsp3) is 0.533. The second kappa shape index (κ2) is 5.35. The van der Waals surface area contributed by atoms with Gasteiger partial charge in [-0.1, -0.05) is 18.1 Å². The summed E-state index contributed by atoms with van der Waals surface area (Å²) in [5, 5.41) is 0. The summed E-state index contributed by atoms with van der Waals surface area (Å²) >= 11 is 0. The van der Waals surface area contributed by atoms with Crippen LogP contribution in [0.3, 0.4) is 0 Å². The van der Waals surface area contributed by atoms with Crippen molar-refractivity contribution >= 4 is 5.78 Å². The Labute approximate surface area is 103 Å². The highest BCUT2D eigenvalue weighted by molar-refractivity contribution is 5.97. The number of Topliss-reactive ketones (excluding diaryl/α,β-unsaturated/α-hetero) is 1. The van der Waals surface area contributed by atoms with Gasteiger partial charge in [-0.2, -0.15) is 0 Å². The molecule has 0 N–H and O–H groups in total. The van der Waals surface area contributed by atoms with Crippen LogP contribution >= 0.6 is 0 Å². The first-order valence-corrected chi connectivity index (χ1v) is 6.45.